The fraction of sp³-hybridized carbons (Fsp3) is 0. The molecule has 2 aromatic carbocycles. The van der Waals surface area contributed by atoms with Crippen molar-refractivity contribution in [2.75, 3.05) is 11.1 Å². The third kappa shape index (κ3) is 2.57. The molecule has 0 unspecified atom stereocenters. The predicted molar refractivity (Wildman–Crippen MR) is 76.0 cm³/mol. The Balaban J connectivity index is 2.31. The van der Waals surface area contributed by atoms with Crippen molar-refractivity contribution < 1.29 is 0 Å². The summed E-state index contributed by atoms with van der Waals surface area (Å²) in [6.45, 7) is 0. The number of hydrogen-bond donors (Lipinski definition) is 2. The minimum atomic E-state index is 0.713. The zero-order valence-corrected chi connectivity index (χ0v) is 11.5. The van der Waals surface area contributed by atoms with E-state index in [0.29, 0.717) is 5.69 Å². The number of para-hydroxylation sites is 1. The van der Waals surface area contributed by atoms with Gasteiger partial charge in [0.2, 0.25) is 0 Å². The Labute approximate surface area is 111 Å². The Bertz CT molecular complexity index is 512. The molecule has 0 aromatic heterocycles. The lowest BCUT2D eigenvalue weighted by molar-refractivity contribution is 1.51. The molecule has 82 valence electrons. The maximum absolute atomic E-state index is 5.91. The lowest BCUT2D eigenvalue weighted by Crippen LogP contribution is -1.96. The van der Waals surface area contributed by atoms with Gasteiger partial charge in [0.15, 0.2) is 0 Å². The van der Waals surface area contributed by atoms with E-state index >= 15 is 0 Å². The van der Waals surface area contributed by atoms with Crippen LogP contribution in [0.5, 0.6) is 0 Å². The number of halogens is 2. The minimum absolute atomic E-state index is 0.713. The lowest BCUT2D eigenvalue weighted by atomic mass is 10.2. The summed E-state index contributed by atoms with van der Waals surface area (Å²) in [5, 5.41) is 3.27. The highest BCUT2D eigenvalue weighted by Gasteiger charge is 2.02. The molecule has 2 rings (SSSR count). The van der Waals surface area contributed by atoms with Crippen molar-refractivity contribution in [3.8, 4) is 0 Å². The summed E-state index contributed by atoms with van der Waals surface area (Å²) in [4.78, 5) is 0. The van der Waals surface area contributed by atoms with Crippen LogP contribution >= 0.6 is 31.9 Å². The van der Waals surface area contributed by atoms with Gasteiger partial charge < -0.3 is 11.1 Å². The van der Waals surface area contributed by atoms with Gasteiger partial charge in [-0.15, -0.1) is 0 Å². The van der Waals surface area contributed by atoms with E-state index in [1.165, 1.54) is 0 Å². The Morgan fingerprint density at radius 1 is 0.938 bits per heavy atom. The number of nitrogens with one attached hydrogen (secondary N) is 1. The molecule has 0 amide bonds. The monoisotopic (exact) mass is 340 g/mol. The molecule has 0 fully saturated rings. The van der Waals surface area contributed by atoms with E-state index in [1.54, 1.807) is 0 Å². The number of benzene rings is 2. The zero-order chi connectivity index (χ0) is 11.5. The van der Waals surface area contributed by atoms with Crippen LogP contribution < -0.4 is 11.1 Å². The summed E-state index contributed by atoms with van der Waals surface area (Å²) in [6.07, 6.45) is 0. The standard InChI is InChI=1S/C12H10Br2N2/c13-8-5-6-12(10(15)7-8)16-11-4-2-1-3-9(11)14/h1-7,16H,15H2. The summed E-state index contributed by atoms with van der Waals surface area (Å²) in [5.41, 5.74) is 8.52. The number of nitrogens with two attached hydrogens (primary N) is 1. The van der Waals surface area contributed by atoms with Gasteiger partial charge in [-0.3, -0.25) is 0 Å². The fourth-order valence-corrected chi connectivity index (χ4v) is 2.12. The fourth-order valence-electron chi connectivity index (χ4n) is 1.36. The molecular weight excluding hydrogens is 332 g/mol. The van der Waals surface area contributed by atoms with Crippen molar-refractivity contribution in [1.29, 1.82) is 0 Å². The second-order valence-corrected chi connectivity index (χ2v) is 5.11. The average Bonchev–Trinajstić information content (AvgIpc) is 2.25. The number of anilines is 3. The molecule has 2 aromatic rings. The molecule has 0 spiro atoms. The Kier molecular flexibility index (Phi) is 3.51. The zero-order valence-electron chi connectivity index (χ0n) is 8.37. The third-order valence-electron chi connectivity index (χ3n) is 2.16. The van der Waals surface area contributed by atoms with Crippen LogP contribution in [0.1, 0.15) is 0 Å². The lowest BCUT2D eigenvalue weighted by Gasteiger charge is -2.10. The van der Waals surface area contributed by atoms with Gasteiger partial charge in [0.25, 0.3) is 0 Å². The van der Waals surface area contributed by atoms with E-state index in [0.717, 1.165) is 20.3 Å². The number of hydrogen-bond acceptors (Lipinski definition) is 2. The van der Waals surface area contributed by atoms with Gasteiger partial charge in [-0.1, -0.05) is 28.1 Å². The molecular formula is C12H10Br2N2. The van der Waals surface area contributed by atoms with Crippen LogP contribution in [0.2, 0.25) is 0 Å². The van der Waals surface area contributed by atoms with E-state index in [1.807, 2.05) is 42.5 Å². The Morgan fingerprint density at radius 2 is 1.69 bits per heavy atom. The van der Waals surface area contributed by atoms with Crippen LogP contribution in [0, 0.1) is 0 Å². The quantitative estimate of drug-likeness (QED) is 0.787. The predicted octanol–water partition coefficient (Wildman–Crippen LogP) is 4.54. The molecule has 0 bridgehead atoms. The minimum Gasteiger partial charge on any atom is -0.397 e. The normalized spacial score (nSPS) is 10.1. The summed E-state index contributed by atoms with van der Waals surface area (Å²) in [6, 6.07) is 13.7. The second-order valence-electron chi connectivity index (χ2n) is 3.34. The smallest absolute Gasteiger partial charge is 0.0619 e. The second kappa shape index (κ2) is 4.89. The maximum Gasteiger partial charge on any atom is 0.0619 e. The van der Waals surface area contributed by atoms with Gasteiger partial charge >= 0.3 is 0 Å². The summed E-state index contributed by atoms with van der Waals surface area (Å²) >= 11 is 6.86. The maximum atomic E-state index is 5.91. The molecule has 0 radical (unpaired) electrons. The van der Waals surface area contributed by atoms with Crippen LogP contribution in [0.15, 0.2) is 51.4 Å². The SMILES string of the molecule is Nc1cc(Br)ccc1Nc1ccccc1Br. The molecule has 0 aliphatic heterocycles. The van der Waals surface area contributed by atoms with Crippen molar-refractivity contribution >= 4 is 48.9 Å². The van der Waals surface area contributed by atoms with Crippen molar-refractivity contribution in [2.24, 2.45) is 0 Å². The van der Waals surface area contributed by atoms with Crippen LogP contribution in [0.4, 0.5) is 17.1 Å². The van der Waals surface area contributed by atoms with E-state index in [4.69, 9.17) is 5.73 Å². The van der Waals surface area contributed by atoms with Crippen LogP contribution in [-0.2, 0) is 0 Å². The largest absolute Gasteiger partial charge is 0.397 e. The van der Waals surface area contributed by atoms with Gasteiger partial charge in [0.1, 0.15) is 0 Å². The molecule has 0 saturated carbocycles. The van der Waals surface area contributed by atoms with Crippen molar-refractivity contribution in [2.45, 2.75) is 0 Å². The Morgan fingerprint density at radius 3 is 2.38 bits per heavy atom. The summed E-state index contributed by atoms with van der Waals surface area (Å²) in [7, 11) is 0. The van der Waals surface area contributed by atoms with Gasteiger partial charge in [-0.2, -0.15) is 0 Å². The first kappa shape index (κ1) is 11.5. The third-order valence-corrected chi connectivity index (χ3v) is 3.34. The molecule has 16 heavy (non-hydrogen) atoms. The van der Waals surface area contributed by atoms with Gasteiger partial charge in [-0.25, -0.2) is 0 Å². The first-order valence-electron chi connectivity index (χ1n) is 4.73. The van der Waals surface area contributed by atoms with E-state index in [-0.39, 0.29) is 0 Å². The highest BCUT2D eigenvalue weighted by molar-refractivity contribution is 9.10. The highest BCUT2D eigenvalue weighted by Crippen LogP contribution is 2.29. The molecule has 3 N–H and O–H groups in total. The molecule has 2 nitrogen and oxygen atoms in total. The van der Waals surface area contributed by atoms with Gasteiger partial charge in [-0.05, 0) is 46.3 Å². The first-order chi connectivity index (χ1) is 7.66. The number of rotatable bonds is 2. The average molecular weight is 342 g/mol. The van der Waals surface area contributed by atoms with Gasteiger partial charge in [0, 0.05) is 8.95 Å². The molecule has 0 saturated heterocycles. The van der Waals surface area contributed by atoms with E-state index in [2.05, 4.69) is 37.2 Å². The van der Waals surface area contributed by atoms with E-state index in [9.17, 15) is 0 Å². The molecule has 4 heteroatoms. The van der Waals surface area contributed by atoms with Crippen molar-refractivity contribution in [1.82, 2.24) is 0 Å². The molecule has 0 aliphatic carbocycles. The summed E-state index contributed by atoms with van der Waals surface area (Å²) < 4.78 is 1.99. The summed E-state index contributed by atoms with van der Waals surface area (Å²) in [5.74, 6) is 0. The molecule has 0 heterocycles. The van der Waals surface area contributed by atoms with Gasteiger partial charge in [0.05, 0.1) is 17.1 Å². The van der Waals surface area contributed by atoms with E-state index < -0.39 is 0 Å². The Hall–Kier alpha value is -1.00. The van der Waals surface area contributed by atoms with Crippen molar-refractivity contribution in [3.05, 3.63) is 51.4 Å². The topological polar surface area (TPSA) is 38.0 Å². The van der Waals surface area contributed by atoms with Crippen LogP contribution in [0.25, 0.3) is 0 Å². The first-order valence-corrected chi connectivity index (χ1v) is 6.32. The number of nitrogen functional groups attached to an aromatic ring is 1. The van der Waals surface area contributed by atoms with Crippen molar-refractivity contribution in [3.63, 3.8) is 0 Å². The highest BCUT2D eigenvalue weighted by atomic mass is 79.9. The molecule has 0 atom stereocenters. The molecule has 0 aliphatic rings. The van der Waals surface area contributed by atoms with Crippen LogP contribution in [-0.4, -0.2) is 0 Å². The van der Waals surface area contributed by atoms with Crippen LogP contribution in [0.3, 0.4) is 0 Å².